The molecule has 0 unspecified atom stereocenters. The molecule has 3 heteroatoms. The van der Waals surface area contributed by atoms with Crippen molar-refractivity contribution < 1.29 is 0 Å². The molecule has 18 heavy (non-hydrogen) atoms. The number of aryl methyl sites for hydroxylation is 1. The number of nitrogens with zero attached hydrogens (tertiary/aromatic N) is 1. The van der Waals surface area contributed by atoms with Gasteiger partial charge in [-0.15, -0.1) is 11.3 Å². The zero-order valence-corrected chi connectivity index (χ0v) is 11.3. The lowest BCUT2D eigenvalue weighted by Crippen LogP contribution is -2.12. The fourth-order valence-corrected chi connectivity index (χ4v) is 2.74. The van der Waals surface area contributed by atoms with E-state index in [-0.39, 0.29) is 0 Å². The van der Waals surface area contributed by atoms with Crippen LogP contribution < -0.4 is 5.32 Å². The molecule has 1 heterocycles. The summed E-state index contributed by atoms with van der Waals surface area (Å²) < 4.78 is 0. The van der Waals surface area contributed by atoms with E-state index in [1.807, 2.05) is 35.6 Å². The smallest absolute Gasteiger partial charge is 0.0995 e. The molecule has 0 spiro atoms. The lowest BCUT2D eigenvalue weighted by atomic mass is 10.1. The first-order valence-electron chi connectivity index (χ1n) is 6.09. The van der Waals surface area contributed by atoms with Crippen molar-refractivity contribution >= 4 is 11.3 Å². The van der Waals surface area contributed by atoms with E-state index in [0.717, 1.165) is 30.6 Å². The second kappa shape index (κ2) is 6.34. The number of thiophene rings is 1. The van der Waals surface area contributed by atoms with Crippen LogP contribution in [0.5, 0.6) is 0 Å². The number of hydrogen-bond donors (Lipinski definition) is 1. The second-order valence-corrected chi connectivity index (χ2v) is 5.35. The standard InChI is InChI=1S/C15H16N2S/c1-2-14-7-8-15(18-14)11-17-10-13-6-4-3-5-12(13)9-16/h3-8,17H,2,10-11H2,1H3. The monoisotopic (exact) mass is 256 g/mol. The Morgan fingerprint density at radius 1 is 1.11 bits per heavy atom. The first-order chi connectivity index (χ1) is 8.83. The van der Waals surface area contributed by atoms with Crippen molar-refractivity contribution in [3.05, 3.63) is 57.3 Å². The summed E-state index contributed by atoms with van der Waals surface area (Å²) in [6.07, 6.45) is 1.10. The van der Waals surface area contributed by atoms with Crippen molar-refractivity contribution in [2.75, 3.05) is 0 Å². The van der Waals surface area contributed by atoms with Crippen LogP contribution in [0.25, 0.3) is 0 Å². The Hall–Kier alpha value is -1.63. The van der Waals surface area contributed by atoms with Gasteiger partial charge in [0.05, 0.1) is 11.6 Å². The number of benzene rings is 1. The van der Waals surface area contributed by atoms with Crippen molar-refractivity contribution in [3.8, 4) is 6.07 Å². The van der Waals surface area contributed by atoms with Crippen LogP contribution in [0.2, 0.25) is 0 Å². The highest BCUT2D eigenvalue weighted by Crippen LogP contribution is 2.16. The van der Waals surface area contributed by atoms with Gasteiger partial charge in [-0.2, -0.15) is 5.26 Å². The molecule has 0 saturated heterocycles. The first kappa shape index (κ1) is 12.8. The van der Waals surface area contributed by atoms with E-state index >= 15 is 0 Å². The van der Waals surface area contributed by atoms with E-state index in [2.05, 4.69) is 30.4 Å². The third kappa shape index (κ3) is 3.19. The van der Waals surface area contributed by atoms with Gasteiger partial charge in [-0.3, -0.25) is 0 Å². The molecule has 0 aliphatic carbocycles. The highest BCUT2D eigenvalue weighted by atomic mass is 32.1. The molecule has 2 nitrogen and oxygen atoms in total. The number of rotatable bonds is 5. The first-order valence-corrected chi connectivity index (χ1v) is 6.91. The highest BCUT2D eigenvalue weighted by molar-refractivity contribution is 7.11. The van der Waals surface area contributed by atoms with Crippen molar-refractivity contribution in [1.29, 1.82) is 5.26 Å². The molecule has 1 aromatic carbocycles. The predicted molar refractivity (Wildman–Crippen MR) is 75.4 cm³/mol. The van der Waals surface area contributed by atoms with E-state index in [9.17, 15) is 0 Å². The Morgan fingerprint density at radius 2 is 1.89 bits per heavy atom. The number of nitrogens with one attached hydrogen (secondary N) is 1. The van der Waals surface area contributed by atoms with Gasteiger partial charge in [-0.05, 0) is 30.2 Å². The topological polar surface area (TPSA) is 35.8 Å². The van der Waals surface area contributed by atoms with Crippen molar-refractivity contribution in [3.63, 3.8) is 0 Å². The van der Waals surface area contributed by atoms with Gasteiger partial charge in [0, 0.05) is 22.8 Å². The Bertz CT molecular complexity index is 552. The van der Waals surface area contributed by atoms with E-state index in [4.69, 9.17) is 5.26 Å². The van der Waals surface area contributed by atoms with Crippen LogP contribution >= 0.6 is 11.3 Å². The summed E-state index contributed by atoms with van der Waals surface area (Å²) >= 11 is 1.85. The fourth-order valence-electron chi connectivity index (χ4n) is 1.81. The molecule has 0 aliphatic rings. The Morgan fingerprint density at radius 3 is 2.61 bits per heavy atom. The molecule has 0 bridgehead atoms. The maximum Gasteiger partial charge on any atom is 0.0995 e. The summed E-state index contributed by atoms with van der Waals surface area (Å²) in [6, 6.07) is 14.3. The van der Waals surface area contributed by atoms with Crippen molar-refractivity contribution in [2.45, 2.75) is 26.4 Å². The minimum atomic E-state index is 0.739. The lowest BCUT2D eigenvalue weighted by Gasteiger charge is -2.05. The molecule has 1 N–H and O–H groups in total. The van der Waals surface area contributed by atoms with Crippen LogP contribution in [-0.2, 0) is 19.5 Å². The predicted octanol–water partition coefficient (Wildman–Crippen LogP) is 3.47. The molecule has 0 fully saturated rings. The molecule has 0 atom stereocenters. The van der Waals surface area contributed by atoms with Crippen LogP contribution in [0.1, 0.15) is 27.8 Å². The minimum Gasteiger partial charge on any atom is -0.308 e. The molecule has 92 valence electrons. The molecule has 0 amide bonds. The number of hydrogen-bond acceptors (Lipinski definition) is 3. The lowest BCUT2D eigenvalue weighted by molar-refractivity contribution is 0.700. The molecule has 0 saturated carbocycles. The molecular formula is C15H16N2S. The van der Waals surface area contributed by atoms with Crippen LogP contribution in [0.15, 0.2) is 36.4 Å². The van der Waals surface area contributed by atoms with Gasteiger partial charge in [0.1, 0.15) is 0 Å². The Balaban J connectivity index is 1.90. The Kier molecular flexibility index (Phi) is 4.52. The van der Waals surface area contributed by atoms with Gasteiger partial charge >= 0.3 is 0 Å². The Labute approximate surface area is 112 Å². The largest absolute Gasteiger partial charge is 0.308 e. The third-order valence-electron chi connectivity index (χ3n) is 2.82. The third-order valence-corrected chi connectivity index (χ3v) is 4.05. The average Bonchev–Trinajstić information content (AvgIpc) is 2.87. The van der Waals surface area contributed by atoms with Gasteiger partial charge in [0.15, 0.2) is 0 Å². The molecular weight excluding hydrogens is 240 g/mol. The van der Waals surface area contributed by atoms with Gasteiger partial charge in [0.2, 0.25) is 0 Å². The SMILES string of the molecule is CCc1ccc(CNCc2ccccc2C#N)s1. The molecule has 1 aromatic heterocycles. The highest BCUT2D eigenvalue weighted by Gasteiger charge is 2.01. The molecule has 2 rings (SSSR count). The van der Waals surface area contributed by atoms with E-state index in [1.165, 1.54) is 9.75 Å². The van der Waals surface area contributed by atoms with Crippen LogP contribution in [0.3, 0.4) is 0 Å². The minimum absolute atomic E-state index is 0.739. The molecule has 2 aromatic rings. The maximum absolute atomic E-state index is 8.99. The van der Waals surface area contributed by atoms with Gasteiger partial charge in [-0.25, -0.2) is 0 Å². The fraction of sp³-hybridized carbons (Fsp3) is 0.267. The zero-order chi connectivity index (χ0) is 12.8. The summed E-state index contributed by atoms with van der Waals surface area (Å²) in [5.41, 5.74) is 1.82. The second-order valence-electron chi connectivity index (χ2n) is 4.09. The van der Waals surface area contributed by atoms with Gasteiger partial charge < -0.3 is 5.32 Å². The van der Waals surface area contributed by atoms with E-state index in [0.29, 0.717) is 0 Å². The van der Waals surface area contributed by atoms with E-state index in [1.54, 1.807) is 0 Å². The summed E-state index contributed by atoms with van der Waals surface area (Å²) in [5.74, 6) is 0. The van der Waals surface area contributed by atoms with Gasteiger partial charge in [-0.1, -0.05) is 25.1 Å². The zero-order valence-electron chi connectivity index (χ0n) is 10.4. The summed E-state index contributed by atoms with van der Waals surface area (Å²) in [6.45, 7) is 3.78. The summed E-state index contributed by atoms with van der Waals surface area (Å²) in [7, 11) is 0. The summed E-state index contributed by atoms with van der Waals surface area (Å²) in [4.78, 5) is 2.77. The quantitative estimate of drug-likeness (QED) is 0.889. The van der Waals surface area contributed by atoms with Crippen molar-refractivity contribution in [2.24, 2.45) is 0 Å². The van der Waals surface area contributed by atoms with Crippen LogP contribution in [-0.4, -0.2) is 0 Å². The molecule has 0 aliphatic heterocycles. The average molecular weight is 256 g/mol. The van der Waals surface area contributed by atoms with Crippen LogP contribution in [0.4, 0.5) is 0 Å². The van der Waals surface area contributed by atoms with Crippen molar-refractivity contribution in [1.82, 2.24) is 5.32 Å². The maximum atomic E-state index is 8.99. The summed E-state index contributed by atoms with van der Waals surface area (Å²) in [5, 5.41) is 12.4. The van der Waals surface area contributed by atoms with Crippen LogP contribution in [0, 0.1) is 11.3 Å². The number of nitriles is 1. The molecule has 0 radical (unpaired) electrons. The normalized spacial score (nSPS) is 10.2. The van der Waals surface area contributed by atoms with E-state index < -0.39 is 0 Å². The van der Waals surface area contributed by atoms with Gasteiger partial charge in [0.25, 0.3) is 0 Å².